The quantitative estimate of drug-likeness (QED) is 0.393. The van der Waals surface area contributed by atoms with Gasteiger partial charge in [0, 0.05) is 60.9 Å². The van der Waals surface area contributed by atoms with E-state index in [1.807, 2.05) is 7.11 Å². The van der Waals surface area contributed by atoms with E-state index < -0.39 is 0 Å². The minimum Gasteiger partial charge on any atom is -0.381 e. The highest BCUT2D eigenvalue weighted by atomic mass is 16.5. The van der Waals surface area contributed by atoms with Gasteiger partial charge in [0.05, 0.1) is 25.0 Å². The van der Waals surface area contributed by atoms with Crippen LogP contribution in [0.25, 0.3) is 11.4 Å². The maximum absolute atomic E-state index is 5.86. The number of ether oxygens (including phenoxy) is 2. The normalized spacial score (nSPS) is 25.1. The van der Waals surface area contributed by atoms with Crippen LogP contribution in [0.2, 0.25) is 0 Å². The van der Waals surface area contributed by atoms with E-state index in [2.05, 4.69) is 73.9 Å². The summed E-state index contributed by atoms with van der Waals surface area (Å²) in [7, 11) is 1.87. The van der Waals surface area contributed by atoms with E-state index >= 15 is 0 Å². The Labute approximate surface area is 238 Å². The fourth-order valence-corrected chi connectivity index (χ4v) is 7.66. The second-order valence-electron chi connectivity index (χ2n) is 12.9. The fraction of sp³-hybridized carbons (Fsp3) is 0.529. The molecule has 2 unspecified atom stereocenters. The van der Waals surface area contributed by atoms with Gasteiger partial charge in [0.15, 0.2) is 5.82 Å². The molecule has 4 aliphatic heterocycles. The first-order valence-corrected chi connectivity index (χ1v) is 15.1. The molecule has 0 aliphatic carbocycles. The van der Waals surface area contributed by atoms with Crippen molar-refractivity contribution in [1.82, 2.24) is 9.97 Å². The van der Waals surface area contributed by atoms with Crippen LogP contribution in [0.5, 0.6) is 0 Å². The van der Waals surface area contributed by atoms with Gasteiger partial charge < -0.3 is 19.3 Å². The standard InChI is InChI=1S/C34H42N4O2/c1-21-9-10-24(34(4)19-40-20-34)15-30(21)37-14-13-29-28(18-37)33(38-25-11-12-26(38)17-27(16-25)39-5)36-32(35-29)31-22(2)7-6-8-23(31)3/h6-10,15,25-27H,11-14,16-20H2,1-5H3. The first kappa shape index (κ1) is 26.0. The van der Waals surface area contributed by atoms with Gasteiger partial charge in [0.1, 0.15) is 5.82 Å². The summed E-state index contributed by atoms with van der Waals surface area (Å²) in [6.45, 7) is 12.3. The summed E-state index contributed by atoms with van der Waals surface area (Å²) in [5, 5.41) is 0. The van der Waals surface area contributed by atoms with E-state index in [0.717, 1.165) is 51.4 Å². The SMILES string of the molecule is COC1CC2CCC(C1)N2c1nc(-c2c(C)cccc2C)nc2c1CN(c1cc(C3(C)COC3)ccc1C)CC2. The van der Waals surface area contributed by atoms with Crippen molar-refractivity contribution in [3.8, 4) is 11.4 Å². The maximum atomic E-state index is 5.86. The third kappa shape index (κ3) is 4.22. The second-order valence-corrected chi connectivity index (χ2v) is 12.9. The summed E-state index contributed by atoms with van der Waals surface area (Å²) in [5.41, 5.74) is 10.4. The number of hydrogen-bond acceptors (Lipinski definition) is 6. The van der Waals surface area contributed by atoms with E-state index in [4.69, 9.17) is 19.4 Å². The van der Waals surface area contributed by atoms with Crippen molar-refractivity contribution >= 4 is 11.5 Å². The van der Waals surface area contributed by atoms with Crippen LogP contribution in [-0.2, 0) is 27.9 Å². The van der Waals surface area contributed by atoms with Gasteiger partial charge in [-0.2, -0.15) is 0 Å². The average molecular weight is 539 g/mol. The van der Waals surface area contributed by atoms with Crippen molar-refractivity contribution in [2.24, 2.45) is 0 Å². The lowest BCUT2D eigenvalue weighted by Gasteiger charge is -2.42. The molecule has 7 rings (SSSR count). The van der Waals surface area contributed by atoms with Crippen LogP contribution in [0.4, 0.5) is 11.5 Å². The lowest BCUT2D eigenvalue weighted by molar-refractivity contribution is -0.0499. The summed E-state index contributed by atoms with van der Waals surface area (Å²) >= 11 is 0. The molecule has 210 valence electrons. The van der Waals surface area contributed by atoms with Crippen LogP contribution in [0.1, 0.15) is 66.1 Å². The molecule has 2 aromatic carbocycles. The topological polar surface area (TPSA) is 50.7 Å². The Balaban J connectivity index is 1.32. The van der Waals surface area contributed by atoms with Crippen LogP contribution >= 0.6 is 0 Å². The Morgan fingerprint density at radius 3 is 2.33 bits per heavy atom. The van der Waals surface area contributed by atoms with E-state index in [0.29, 0.717) is 18.2 Å². The molecular formula is C34H42N4O2. The summed E-state index contributed by atoms with van der Waals surface area (Å²) in [6.07, 6.45) is 5.87. The summed E-state index contributed by atoms with van der Waals surface area (Å²) in [5.74, 6) is 2.06. The molecule has 0 spiro atoms. The first-order chi connectivity index (χ1) is 19.3. The molecule has 0 saturated carbocycles. The molecule has 3 fully saturated rings. The minimum atomic E-state index is 0.121. The van der Waals surface area contributed by atoms with Gasteiger partial charge in [-0.15, -0.1) is 0 Å². The first-order valence-electron chi connectivity index (χ1n) is 15.1. The van der Waals surface area contributed by atoms with Gasteiger partial charge in [-0.1, -0.05) is 37.3 Å². The minimum absolute atomic E-state index is 0.121. The zero-order chi connectivity index (χ0) is 27.6. The molecule has 6 heteroatoms. The number of aryl methyl sites for hydroxylation is 3. The molecule has 0 N–H and O–H groups in total. The van der Waals surface area contributed by atoms with E-state index in [1.54, 1.807) is 0 Å². The smallest absolute Gasteiger partial charge is 0.162 e. The highest BCUT2D eigenvalue weighted by molar-refractivity contribution is 5.69. The lowest BCUT2D eigenvalue weighted by atomic mass is 9.80. The van der Waals surface area contributed by atoms with Gasteiger partial charge in [0.2, 0.25) is 0 Å². The van der Waals surface area contributed by atoms with Crippen LogP contribution in [0.3, 0.4) is 0 Å². The average Bonchev–Trinajstić information content (AvgIpc) is 3.19. The Kier molecular flexibility index (Phi) is 6.39. The second kappa shape index (κ2) is 9.85. The highest BCUT2D eigenvalue weighted by Crippen LogP contribution is 2.44. The molecule has 2 bridgehead atoms. The van der Waals surface area contributed by atoms with E-state index in [-0.39, 0.29) is 5.41 Å². The molecule has 1 aromatic heterocycles. The van der Waals surface area contributed by atoms with Gasteiger partial charge in [-0.3, -0.25) is 0 Å². The number of nitrogens with zero attached hydrogens (tertiary/aromatic N) is 4. The predicted molar refractivity (Wildman–Crippen MR) is 160 cm³/mol. The largest absolute Gasteiger partial charge is 0.381 e. The molecular weight excluding hydrogens is 496 g/mol. The van der Waals surface area contributed by atoms with Crippen molar-refractivity contribution in [1.29, 1.82) is 0 Å². The van der Waals surface area contributed by atoms with Crippen LogP contribution < -0.4 is 9.80 Å². The number of piperidine rings is 1. The number of hydrogen-bond donors (Lipinski definition) is 0. The fourth-order valence-electron chi connectivity index (χ4n) is 7.66. The zero-order valence-electron chi connectivity index (χ0n) is 24.7. The maximum Gasteiger partial charge on any atom is 0.162 e. The highest BCUT2D eigenvalue weighted by Gasteiger charge is 2.43. The molecule has 40 heavy (non-hydrogen) atoms. The number of fused-ring (bicyclic) bond motifs is 3. The Morgan fingerprint density at radius 1 is 0.950 bits per heavy atom. The molecule has 3 aromatic rings. The monoisotopic (exact) mass is 538 g/mol. The summed E-state index contributed by atoms with van der Waals surface area (Å²) < 4.78 is 11.5. The summed E-state index contributed by atoms with van der Waals surface area (Å²) in [6, 6.07) is 14.5. The van der Waals surface area contributed by atoms with Crippen molar-refractivity contribution in [3.63, 3.8) is 0 Å². The number of aromatic nitrogens is 2. The van der Waals surface area contributed by atoms with Gasteiger partial charge >= 0.3 is 0 Å². The van der Waals surface area contributed by atoms with Crippen molar-refractivity contribution in [3.05, 3.63) is 69.9 Å². The Hall–Kier alpha value is -2.96. The van der Waals surface area contributed by atoms with Crippen LogP contribution in [0, 0.1) is 20.8 Å². The van der Waals surface area contributed by atoms with Gasteiger partial charge in [-0.25, -0.2) is 9.97 Å². The predicted octanol–water partition coefficient (Wildman–Crippen LogP) is 6.07. The Morgan fingerprint density at radius 2 is 1.68 bits per heavy atom. The molecule has 0 radical (unpaired) electrons. The third-order valence-corrected chi connectivity index (χ3v) is 10.1. The van der Waals surface area contributed by atoms with Crippen molar-refractivity contribution < 1.29 is 9.47 Å². The van der Waals surface area contributed by atoms with E-state index in [9.17, 15) is 0 Å². The molecule has 6 nitrogen and oxygen atoms in total. The number of methoxy groups -OCH3 is 1. The van der Waals surface area contributed by atoms with E-state index in [1.165, 1.54) is 63.4 Å². The number of anilines is 2. The third-order valence-electron chi connectivity index (χ3n) is 10.1. The molecule has 0 amide bonds. The summed E-state index contributed by atoms with van der Waals surface area (Å²) in [4.78, 5) is 16.0. The molecule has 3 saturated heterocycles. The number of rotatable bonds is 5. The molecule has 2 atom stereocenters. The Bertz CT molecular complexity index is 1410. The van der Waals surface area contributed by atoms with Crippen molar-refractivity contribution in [2.75, 3.05) is 36.7 Å². The van der Waals surface area contributed by atoms with Crippen LogP contribution in [0.15, 0.2) is 36.4 Å². The van der Waals surface area contributed by atoms with Crippen molar-refractivity contribution in [2.45, 2.75) is 89.9 Å². The number of benzene rings is 2. The van der Waals surface area contributed by atoms with Gasteiger partial charge in [-0.05, 0) is 74.8 Å². The van der Waals surface area contributed by atoms with Crippen LogP contribution in [-0.4, -0.2) is 55.0 Å². The molecule has 5 heterocycles. The lowest BCUT2D eigenvalue weighted by Crippen LogP contribution is -2.47. The molecule has 4 aliphatic rings. The van der Waals surface area contributed by atoms with Gasteiger partial charge in [0.25, 0.3) is 0 Å². The zero-order valence-corrected chi connectivity index (χ0v) is 24.7.